The molecule has 0 aliphatic carbocycles. The maximum absolute atomic E-state index is 2.42. The summed E-state index contributed by atoms with van der Waals surface area (Å²) in [5.41, 5.74) is 9.54. The Morgan fingerprint density at radius 1 is 0.341 bits per heavy atom. The van der Waals surface area contributed by atoms with Crippen molar-refractivity contribution in [1.29, 1.82) is 0 Å². The molecule has 0 unspecified atom stereocenters. The number of benzene rings is 6. The van der Waals surface area contributed by atoms with Crippen molar-refractivity contribution < 1.29 is 0 Å². The van der Waals surface area contributed by atoms with Crippen LogP contribution in [0.2, 0.25) is 0 Å². The molecule has 0 amide bonds. The van der Waals surface area contributed by atoms with E-state index < -0.39 is 0 Å². The molecule has 0 atom stereocenters. The van der Waals surface area contributed by atoms with Gasteiger partial charge in [-0.3, -0.25) is 0 Å². The van der Waals surface area contributed by atoms with Crippen molar-refractivity contribution in [1.82, 2.24) is 13.7 Å². The third-order valence-electron chi connectivity index (χ3n) is 8.45. The fourth-order valence-electron chi connectivity index (χ4n) is 6.72. The van der Waals surface area contributed by atoms with Crippen molar-refractivity contribution in [2.75, 3.05) is 0 Å². The molecular formula is C38H25N3. The van der Waals surface area contributed by atoms with Crippen molar-refractivity contribution in [2.24, 2.45) is 0 Å². The highest BCUT2D eigenvalue weighted by atomic mass is 15.0. The summed E-state index contributed by atoms with van der Waals surface area (Å²) < 4.78 is 7.16. The molecule has 3 aromatic heterocycles. The van der Waals surface area contributed by atoms with Crippen molar-refractivity contribution in [3.05, 3.63) is 152 Å². The monoisotopic (exact) mass is 523 g/mol. The summed E-state index contributed by atoms with van der Waals surface area (Å²) in [7, 11) is 0. The molecule has 0 saturated carbocycles. The lowest BCUT2D eigenvalue weighted by molar-refractivity contribution is 1.10. The molecule has 0 spiro atoms. The quantitative estimate of drug-likeness (QED) is 0.219. The summed E-state index contributed by atoms with van der Waals surface area (Å²) in [6, 6.07) is 52.5. The average molecular weight is 524 g/mol. The molecule has 0 aliphatic rings. The summed E-state index contributed by atoms with van der Waals surface area (Å²) in [5, 5.41) is 6.29. The topological polar surface area (TPSA) is 14.8 Å². The molecule has 41 heavy (non-hydrogen) atoms. The second-order valence-electron chi connectivity index (χ2n) is 10.7. The Balaban J connectivity index is 1.35. The number of nitrogens with zero attached hydrogens (tertiary/aromatic N) is 3. The van der Waals surface area contributed by atoms with E-state index in [1.165, 1.54) is 54.5 Å². The molecule has 9 aromatic rings. The van der Waals surface area contributed by atoms with Crippen molar-refractivity contribution in [3.8, 4) is 17.1 Å². The zero-order chi connectivity index (χ0) is 26.9. The van der Waals surface area contributed by atoms with Crippen LogP contribution in [0.5, 0.6) is 0 Å². The summed E-state index contributed by atoms with van der Waals surface area (Å²) in [6.07, 6.45) is 2.21. The van der Waals surface area contributed by atoms with E-state index in [1.54, 1.807) is 0 Å². The van der Waals surface area contributed by atoms with Crippen LogP contribution >= 0.6 is 0 Å². The van der Waals surface area contributed by atoms with Gasteiger partial charge in [0.1, 0.15) is 0 Å². The molecular weight excluding hydrogens is 498 g/mol. The summed E-state index contributed by atoms with van der Waals surface area (Å²) in [6.45, 7) is 0. The van der Waals surface area contributed by atoms with Gasteiger partial charge in [0.25, 0.3) is 0 Å². The van der Waals surface area contributed by atoms with Gasteiger partial charge in [-0.25, -0.2) is 0 Å². The maximum atomic E-state index is 2.42. The third-order valence-corrected chi connectivity index (χ3v) is 8.45. The Morgan fingerprint density at radius 2 is 0.902 bits per heavy atom. The minimum atomic E-state index is 1.14. The Bertz CT molecular complexity index is 2360. The van der Waals surface area contributed by atoms with E-state index >= 15 is 0 Å². The van der Waals surface area contributed by atoms with Crippen LogP contribution in [0, 0.1) is 0 Å². The molecule has 192 valence electrons. The van der Waals surface area contributed by atoms with Gasteiger partial charge < -0.3 is 13.7 Å². The van der Waals surface area contributed by atoms with E-state index in [9.17, 15) is 0 Å². The molecule has 3 nitrogen and oxygen atoms in total. The molecule has 0 N–H and O–H groups in total. The average Bonchev–Trinajstić information content (AvgIpc) is 3.72. The van der Waals surface area contributed by atoms with E-state index in [0.717, 1.165) is 17.1 Å². The Hall–Kier alpha value is -5.54. The number of rotatable bonds is 3. The van der Waals surface area contributed by atoms with Crippen LogP contribution in [0.4, 0.5) is 0 Å². The Morgan fingerprint density at radius 3 is 1.61 bits per heavy atom. The lowest BCUT2D eigenvalue weighted by Crippen LogP contribution is -1.99. The summed E-state index contributed by atoms with van der Waals surface area (Å²) in [4.78, 5) is 0. The van der Waals surface area contributed by atoms with Crippen molar-refractivity contribution in [2.45, 2.75) is 0 Å². The highest BCUT2D eigenvalue weighted by Crippen LogP contribution is 2.38. The van der Waals surface area contributed by atoms with Crippen LogP contribution in [-0.2, 0) is 0 Å². The van der Waals surface area contributed by atoms with E-state index in [4.69, 9.17) is 0 Å². The Labute approximate surface area is 236 Å². The zero-order valence-electron chi connectivity index (χ0n) is 22.3. The fraction of sp³-hybridized carbons (Fsp3) is 0. The number of fused-ring (bicyclic) bond motifs is 8. The van der Waals surface area contributed by atoms with Crippen LogP contribution in [0.25, 0.3) is 71.6 Å². The molecule has 3 heterocycles. The lowest BCUT2D eigenvalue weighted by Gasteiger charge is -2.14. The minimum absolute atomic E-state index is 1.14. The van der Waals surface area contributed by atoms with Gasteiger partial charge in [-0.2, -0.15) is 0 Å². The molecule has 3 heteroatoms. The molecule has 0 aliphatic heterocycles. The Kier molecular flexibility index (Phi) is 4.61. The van der Waals surface area contributed by atoms with Gasteiger partial charge in [-0.05, 0) is 54.6 Å². The van der Waals surface area contributed by atoms with Gasteiger partial charge in [0.15, 0.2) is 0 Å². The first kappa shape index (κ1) is 22.3. The number of aromatic nitrogens is 3. The van der Waals surface area contributed by atoms with E-state index in [2.05, 4.69) is 165 Å². The smallest absolute Gasteiger partial charge is 0.0788 e. The van der Waals surface area contributed by atoms with Crippen LogP contribution in [0.1, 0.15) is 0 Å². The fourth-order valence-corrected chi connectivity index (χ4v) is 6.72. The maximum Gasteiger partial charge on any atom is 0.0788 e. The van der Waals surface area contributed by atoms with E-state index in [1.807, 2.05) is 0 Å². The van der Waals surface area contributed by atoms with Gasteiger partial charge >= 0.3 is 0 Å². The molecule has 6 aromatic carbocycles. The predicted molar refractivity (Wildman–Crippen MR) is 172 cm³/mol. The first-order valence-electron chi connectivity index (χ1n) is 14.0. The standard InChI is InChI=1S/C38H25N3/c1-2-11-27(12-3-1)41-36-20-9-6-17-32(36)33-22-21-26-23-24-39(37(26)38(33)41)28-13-10-14-29(25-28)40-34-18-7-4-15-30(34)31-16-5-8-19-35(31)40/h1-25H. The highest BCUT2D eigenvalue weighted by molar-refractivity contribution is 6.18. The highest BCUT2D eigenvalue weighted by Gasteiger charge is 2.18. The number of para-hydroxylation sites is 4. The first-order valence-corrected chi connectivity index (χ1v) is 14.0. The van der Waals surface area contributed by atoms with Crippen LogP contribution in [-0.4, -0.2) is 13.7 Å². The molecule has 9 rings (SSSR count). The first-order chi connectivity index (χ1) is 20.4. The van der Waals surface area contributed by atoms with E-state index in [-0.39, 0.29) is 0 Å². The van der Waals surface area contributed by atoms with Crippen LogP contribution in [0.15, 0.2) is 152 Å². The van der Waals surface area contributed by atoms with Gasteiger partial charge in [-0.1, -0.05) is 91.0 Å². The minimum Gasteiger partial charge on any atom is -0.315 e. The molecule has 0 radical (unpaired) electrons. The summed E-state index contributed by atoms with van der Waals surface area (Å²) >= 11 is 0. The summed E-state index contributed by atoms with van der Waals surface area (Å²) in [5.74, 6) is 0. The van der Waals surface area contributed by atoms with Gasteiger partial charge in [0.05, 0.1) is 27.6 Å². The second-order valence-corrected chi connectivity index (χ2v) is 10.7. The van der Waals surface area contributed by atoms with Crippen LogP contribution in [0.3, 0.4) is 0 Å². The third kappa shape index (κ3) is 3.14. The lowest BCUT2D eigenvalue weighted by atomic mass is 10.1. The molecule has 0 fully saturated rings. The van der Waals surface area contributed by atoms with Crippen molar-refractivity contribution in [3.63, 3.8) is 0 Å². The van der Waals surface area contributed by atoms with Crippen molar-refractivity contribution >= 4 is 54.5 Å². The van der Waals surface area contributed by atoms with Gasteiger partial charge in [-0.15, -0.1) is 0 Å². The predicted octanol–water partition coefficient (Wildman–Crippen LogP) is 9.82. The normalized spacial score (nSPS) is 11.9. The molecule has 0 bridgehead atoms. The number of hydrogen-bond acceptors (Lipinski definition) is 0. The SMILES string of the molecule is c1ccc(-n2c3ccccc3c3ccc4ccn(-c5cccc(-n6c7ccccc7c7ccccc76)c5)c4c32)cc1. The second kappa shape index (κ2) is 8.48. The van der Waals surface area contributed by atoms with Gasteiger partial charge in [0.2, 0.25) is 0 Å². The zero-order valence-corrected chi connectivity index (χ0v) is 22.3. The van der Waals surface area contributed by atoms with Gasteiger partial charge in [0, 0.05) is 50.2 Å². The largest absolute Gasteiger partial charge is 0.315 e. The van der Waals surface area contributed by atoms with Crippen LogP contribution < -0.4 is 0 Å². The number of hydrogen-bond donors (Lipinski definition) is 0. The molecule has 0 saturated heterocycles. The van der Waals surface area contributed by atoms with E-state index in [0.29, 0.717) is 0 Å².